The van der Waals surface area contributed by atoms with E-state index >= 15 is 0 Å². The third kappa shape index (κ3) is 4.72. The minimum Gasteiger partial charge on any atom is -0.387 e. The summed E-state index contributed by atoms with van der Waals surface area (Å²) in [6, 6.07) is 3.23. The first-order valence-electron chi connectivity index (χ1n) is 8.77. The van der Waals surface area contributed by atoms with E-state index in [-0.39, 0.29) is 5.56 Å². The molecule has 2 saturated heterocycles. The fraction of sp³-hybridized carbons (Fsp3) is 0.667. The van der Waals surface area contributed by atoms with Crippen LogP contribution in [0.3, 0.4) is 0 Å². The lowest BCUT2D eigenvalue weighted by Gasteiger charge is -2.36. The van der Waals surface area contributed by atoms with Crippen molar-refractivity contribution >= 4 is 0 Å². The Morgan fingerprint density at radius 1 is 1.08 bits per heavy atom. The largest absolute Gasteiger partial charge is 0.387 e. The van der Waals surface area contributed by atoms with E-state index in [2.05, 4.69) is 9.80 Å². The van der Waals surface area contributed by atoms with Gasteiger partial charge in [-0.05, 0) is 50.0 Å². The lowest BCUT2D eigenvalue weighted by Crippen LogP contribution is -2.43. The van der Waals surface area contributed by atoms with Gasteiger partial charge in [-0.2, -0.15) is 0 Å². The zero-order valence-electron chi connectivity index (χ0n) is 14.0. The number of piperidine rings is 1. The Morgan fingerprint density at radius 2 is 1.79 bits per heavy atom. The quantitative estimate of drug-likeness (QED) is 0.890. The third-order valence-corrected chi connectivity index (χ3v) is 5.08. The van der Waals surface area contributed by atoms with Crippen LogP contribution in [-0.4, -0.2) is 67.4 Å². The van der Waals surface area contributed by atoms with E-state index < -0.39 is 17.7 Å². The van der Waals surface area contributed by atoms with Gasteiger partial charge in [-0.3, -0.25) is 4.90 Å². The molecular weight excluding hydrogens is 314 g/mol. The van der Waals surface area contributed by atoms with Crippen molar-refractivity contribution in [1.29, 1.82) is 0 Å². The molecule has 134 valence electrons. The van der Waals surface area contributed by atoms with Crippen molar-refractivity contribution in [3.63, 3.8) is 0 Å². The van der Waals surface area contributed by atoms with Crippen molar-refractivity contribution in [2.24, 2.45) is 5.92 Å². The molecular formula is C18H26F2N2O2. The second-order valence-corrected chi connectivity index (χ2v) is 6.84. The van der Waals surface area contributed by atoms with Gasteiger partial charge in [0, 0.05) is 31.7 Å². The second kappa shape index (κ2) is 8.34. The van der Waals surface area contributed by atoms with Gasteiger partial charge in [-0.15, -0.1) is 0 Å². The number of aliphatic hydroxyl groups excluding tert-OH is 1. The molecule has 1 N–H and O–H groups in total. The predicted molar refractivity (Wildman–Crippen MR) is 87.7 cm³/mol. The van der Waals surface area contributed by atoms with Crippen molar-refractivity contribution < 1.29 is 18.6 Å². The summed E-state index contributed by atoms with van der Waals surface area (Å²) in [5.74, 6) is -0.400. The first-order chi connectivity index (χ1) is 11.6. The Kier molecular flexibility index (Phi) is 6.16. The molecule has 0 bridgehead atoms. The van der Waals surface area contributed by atoms with Crippen molar-refractivity contribution in [2.75, 3.05) is 52.5 Å². The predicted octanol–water partition coefficient (Wildman–Crippen LogP) is 2.04. The number of benzene rings is 1. The summed E-state index contributed by atoms with van der Waals surface area (Å²) in [5.41, 5.74) is 0.0467. The average Bonchev–Trinajstić information content (AvgIpc) is 2.59. The van der Waals surface area contributed by atoms with Crippen molar-refractivity contribution in [3.8, 4) is 0 Å². The molecule has 3 rings (SSSR count). The van der Waals surface area contributed by atoms with Gasteiger partial charge in [-0.1, -0.05) is 0 Å². The molecule has 0 amide bonds. The van der Waals surface area contributed by atoms with E-state index in [0.29, 0.717) is 12.5 Å². The number of hydrogen-bond acceptors (Lipinski definition) is 4. The molecule has 6 heteroatoms. The number of likely N-dealkylation sites (tertiary alicyclic amines) is 1. The van der Waals surface area contributed by atoms with Gasteiger partial charge >= 0.3 is 0 Å². The van der Waals surface area contributed by atoms with Crippen LogP contribution < -0.4 is 0 Å². The maximum atomic E-state index is 13.7. The van der Waals surface area contributed by atoms with Gasteiger partial charge < -0.3 is 14.7 Å². The molecule has 0 spiro atoms. The van der Waals surface area contributed by atoms with Crippen LogP contribution in [0.5, 0.6) is 0 Å². The fourth-order valence-electron chi connectivity index (χ4n) is 3.61. The summed E-state index contributed by atoms with van der Waals surface area (Å²) >= 11 is 0. The first-order valence-corrected chi connectivity index (χ1v) is 8.77. The minimum absolute atomic E-state index is 0.0467. The van der Waals surface area contributed by atoms with Crippen LogP contribution in [0.25, 0.3) is 0 Å². The molecule has 1 unspecified atom stereocenters. The average molecular weight is 340 g/mol. The van der Waals surface area contributed by atoms with E-state index in [4.69, 9.17) is 4.74 Å². The Hall–Kier alpha value is -1.08. The molecule has 2 fully saturated rings. The van der Waals surface area contributed by atoms with E-state index in [9.17, 15) is 13.9 Å². The number of halogens is 2. The number of hydrogen-bond donors (Lipinski definition) is 1. The van der Waals surface area contributed by atoms with Crippen LogP contribution in [0.15, 0.2) is 18.2 Å². The fourth-order valence-corrected chi connectivity index (χ4v) is 3.61. The van der Waals surface area contributed by atoms with E-state index in [1.54, 1.807) is 0 Å². The molecule has 0 radical (unpaired) electrons. The molecule has 1 aromatic rings. The van der Waals surface area contributed by atoms with Crippen LogP contribution in [0, 0.1) is 17.6 Å². The van der Waals surface area contributed by atoms with Gasteiger partial charge in [0.2, 0.25) is 0 Å². The van der Waals surface area contributed by atoms with E-state index in [1.807, 2.05) is 0 Å². The SMILES string of the molecule is OC(CN1CCC(CN2CCOCC2)CC1)c1cc(F)ccc1F. The van der Waals surface area contributed by atoms with Crippen molar-refractivity contribution in [2.45, 2.75) is 18.9 Å². The summed E-state index contributed by atoms with van der Waals surface area (Å²) in [7, 11) is 0. The number of ether oxygens (including phenoxy) is 1. The molecule has 2 aliphatic rings. The van der Waals surface area contributed by atoms with Gasteiger partial charge in [-0.25, -0.2) is 8.78 Å². The highest BCUT2D eigenvalue weighted by molar-refractivity contribution is 5.21. The van der Waals surface area contributed by atoms with Crippen LogP contribution in [0.4, 0.5) is 8.78 Å². The topological polar surface area (TPSA) is 35.9 Å². The highest BCUT2D eigenvalue weighted by atomic mass is 19.1. The lowest BCUT2D eigenvalue weighted by atomic mass is 9.95. The molecule has 1 atom stereocenters. The number of nitrogens with zero attached hydrogens (tertiary/aromatic N) is 2. The maximum Gasteiger partial charge on any atom is 0.129 e. The Morgan fingerprint density at radius 3 is 2.50 bits per heavy atom. The molecule has 0 aliphatic carbocycles. The van der Waals surface area contributed by atoms with E-state index in [0.717, 1.165) is 77.0 Å². The highest BCUT2D eigenvalue weighted by Gasteiger charge is 2.24. The zero-order chi connectivity index (χ0) is 16.9. The molecule has 4 nitrogen and oxygen atoms in total. The van der Waals surface area contributed by atoms with Gasteiger partial charge in [0.15, 0.2) is 0 Å². The Labute approximate surface area is 142 Å². The normalized spacial score (nSPS) is 22.6. The summed E-state index contributed by atoms with van der Waals surface area (Å²) in [4.78, 5) is 4.60. The van der Waals surface area contributed by atoms with Gasteiger partial charge in [0.25, 0.3) is 0 Å². The Balaban J connectivity index is 1.45. The van der Waals surface area contributed by atoms with Crippen LogP contribution in [0.2, 0.25) is 0 Å². The first kappa shape index (κ1) is 17.7. The molecule has 2 aliphatic heterocycles. The number of aliphatic hydroxyl groups is 1. The van der Waals surface area contributed by atoms with Crippen molar-refractivity contribution in [3.05, 3.63) is 35.4 Å². The van der Waals surface area contributed by atoms with Gasteiger partial charge in [0.05, 0.1) is 19.3 Å². The van der Waals surface area contributed by atoms with Crippen LogP contribution in [0.1, 0.15) is 24.5 Å². The third-order valence-electron chi connectivity index (χ3n) is 5.08. The molecule has 2 heterocycles. The standard InChI is InChI=1S/C18H26F2N2O2/c19-15-1-2-17(20)16(11-15)18(23)13-21-5-3-14(4-6-21)12-22-7-9-24-10-8-22/h1-2,11,14,18,23H,3-10,12-13H2. The van der Waals surface area contributed by atoms with Crippen molar-refractivity contribution in [1.82, 2.24) is 9.80 Å². The number of rotatable bonds is 5. The van der Waals surface area contributed by atoms with Gasteiger partial charge in [0.1, 0.15) is 11.6 Å². The van der Waals surface area contributed by atoms with E-state index in [1.165, 1.54) is 0 Å². The van der Waals surface area contributed by atoms with Crippen LogP contribution >= 0.6 is 0 Å². The summed E-state index contributed by atoms with van der Waals surface area (Å²) in [5, 5.41) is 10.2. The summed E-state index contributed by atoms with van der Waals surface area (Å²) in [6.45, 7) is 6.92. The lowest BCUT2D eigenvalue weighted by molar-refractivity contribution is 0.0215. The number of β-amino-alcohol motifs (C(OH)–C–C–N with tert-alkyl or cyclic N) is 1. The Bertz CT molecular complexity index is 530. The monoisotopic (exact) mass is 340 g/mol. The number of morpholine rings is 1. The maximum absolute atomic E-state index is 13.7. The smallest absolute Gasteiger partial charge is 0.129 e. The van der Waals surface area contributed by atoms with Crippen LogP contribution in [-0.2, 0) is 4.74 Å². The summed E-state index contributed by atoms with van der Waals surface area (Å²) < 4.78 is 32.4. The highest BCUT2D eigenvalue weighted by Crippen LogP contribution is 2.23. The zero-order valence-corrected chi connectivity index (χ0v) is 14.0. The molecule has 0 aromatic heterocycles. The molecule has 1 aromatic carbocycles. The molecule has 24 heavy (non-hydrogen) atoms. The minimum atomic E-state index is -0.989. The molecule has 0 saturated carbocycles. The summed E-state index contributed by atoms with van der Waals surface area (Å²) in [6.07, 6.45) is 1.17. The second-order valence-electron chi connectivity index (χ2n) is 6.84.